The number of nitrogens with one attached hydrogen (secondary N) is 1. The minimum Gasteiger partial charge on any atom is -0.481 e. The normalized spacial score (nSPS) is 28.5. The molecule has 7 nitrogen and oxygen atoms in total. The molecule has 0 aliphatic carbocycles. The maximum atomic E-state index is 12.1. The summed E-state index contributed by atoms with van der Waals surface area (Å²) in [4.78, 5) is 25.4. The van der Waals surface area contributed by atoms with E-state index in [-0.39, 0.29) is 13.0 Å². The van der Waals surface area contributed by atoms with E-state index in [0.717, 1.165) is 0 Å². The smallest absolute Gasteiger partial charge is 0.410 e. The topological polar surface area (TPSA) is 99.1 Å². The van der Waals surface area contributed by atoms with Gasteiger partial charge in [0.25, 0.3) is 0 Å². The number of hydrogen-bond donors (Lipinski definition) is 3. The van der Waals surface area contributed by atoms with Gasteiger partial charge in [-0.2, -0.15) is 0 Å². The first-order valence-electron chi connectivity index (χ1n) is 7.74. The van der Waals surface area contributed by atoms with Crippen LogP contribution in [0.5, 0.6) is 0 Å². The third kappa shape index (κ3) is 3.05. The van der Waals surface area contributed by atoms with E-state index in [1.165, 1.54) is 4.90 Å². The number of nitrogens with zero attached hydrogens (tertiary/aromatic N) is 1. The number of ether oxygens (including phenoxy) is 1. The number of aliphatic hydroxyl groups is 1. The number of carboxylic acids is 1. The highest BCUT2D eigenvalue weighted by atomic mass is 16.6. The van der Waals surface area contributed by atoms with Crippen molar-refractivity contribution < 1.29 is 24.5 Å². The van der Waals surface area contributed by atoms with Crippen LogP contribution in [0.25, 0.3) is 0 Å². The fourth-order valence-electron chi connectivity index (χ4n) is 3.40. The Morgan fingerprint density at radius 3 is 2.27 bits per heavy atom. The zero-order chi connectivity index (χ0) is 16.6. The SMILES string of the molecule is CC(C)(C)OC(=O)N1CCC(O)(C2(C(=O)O)CCNCC2)C1. The highest BCUT2D eigenvalue weighted by Crippen LogP contribution is 2.45. The van der Waals surface area contributed by atoms with E-state index in [1.807, 2.05) is 0 Å². The van der Waals surface area contributed by atoms with Gasteiger partial charge in [0.1, 0.15) is 16.6 Å². The molecule has 1 amide bonds. The lowest BCUT2D eigenvalue weighted by Crippen LogP contribution is -2.59. The number of aliphatic carboxylic acids is 1. The summed E-state index contributed by atoms with van der Waals surface area (Å²) in [6, 6.07) is 0. The molecule has 2 heterocycles. The van der Waals surface area contributed by atoms with E-state index >= 15 is 0 Å². The van der Waals surface area contributed by atoms with Crippen molar-refractivity contribution >= 4 is 12.1 Å². The molecule has 0 aromatic heterocycles. The summed E-state index contributed by atoms with van der Waals surface area (Å²) in [5, 5.41) is 23.8. The van der Waals surface area contributed by atoms with Gasteiger partial charge in [0.2, 0.25) is 0 Å². The molecule has 2 aliphatic rings. The number of hydrogen-bond acceptors (Lipinski definition) is 5. The number of amides is 1. The summed E-state index contributed by atoms with van der Waals surface area (Å²) in [6.07, 6.45) is 0.485. The summed E-state index contributed by atoms with van der Waals surface area (Å²) in [5.74, 6) is -0.984. The molecule has 2 rings (SSSR count). The fourth-order valence-corrected chi connectivity index (χ4v) is 3.40. The van der Waals surface area contributed by atoms with Crippen molar-refractivity contribution in [3.8, 4) is 0 Å². The Balaban J connectivity index is 2.15. The lowest BCUT2D eigenvalue weighted by atomic mass is 9.65. The van der Waals surface area contributed by atoms with Crippen LogP contribution < -0.4 is 5.32 Å². The van der Waals surface area contributed by atoms with Crippen LogP contribution >= 0.6 is 0 Å². The van der Waals surface area contributed by atoms with Gasteiger partial charge in [-0.1, -0.05) is 0 Å². The van der Waals surface area contributed by atoms with Gasteiger partial charge in [0, 0.05) is 6.54 Å². The zero-order valence-corrected chi connectivity index (χ0v) is 13.5. The molecule has 0 aromatic rings. The molecule has 2 aliphatic heterocycles. The van der Waals surface area contributed by atoms with Gasteiger partial charge in [-0.3, -0.25) is 4.79 Å². The van der Waals surface area contributed by atoms with E-state index in [1.54, 1.807) is 20.8 Å². The van der Waals surface area contributed by atoms with Gasteiger partial charge in [-0.15, -0.1) is 0 Å². The molecule has 1 atom stereocenters. The van der Waals surface area contributed by atoms with E-state index < -0.39 is 28.7 Å². The first kappa shape index (κ1) is 17.0. The lowest BCUT2D eigenvalue weighted by molar-refractivity contribution is -0.172. The van der Waals surface area contributed by atoms with Crippen molar-refractivity contribution in [3.63, 3.8) is 0 Å². The third-order valence-corrected chi connectivity index (χ3v) is 4.66. The summed E-state index contributed by atoms with van der Waals surface area (Å²) in [5.41, 5.74) is -3.22. The Hall–Kier alpha value is -1.34. The molecule has 126 valence electrons. The van der Waals surface area contributed by atoms with Gasteiger partial charge in [-0.25, -0.2) is 4.79 Å². The van der Waals surface area contributed by atoms with Crippen LogP contribution in [0.3, 0.4) is 0 Å². The van der Waals surface area contributed by atoms with Crippen LogP contribution in [0.2, 0.25) is 0 Å². The second-order valence-corrected chi connectivity index (χ2v) is 7.32. The van der Waals surface area contributed by atoms with Crippen molar-refractivity contribution in [1.82, 2.24) is 10.2 Å². The maximum absolute atomic E-state index is 12.1. The third-order valence-electron chi connectivity index (χ3n) is 4.66. The first-order valence-corrected chi connectivity index (χ1v) is 7.74. The van der Waals surface area contributed by atoms with Crippen molar-refractivity contribution in [1.29, 1.82) is 0 Å². The number of rotatable bonds is 2. The van der Waals surface area contributed by atoms with E-state index in [9.17, 15) is 19.8 Å². The average Bonchev–Trinajstić information content (AvgIpc) is 2.82. The number of β-amino-alcohol motifs (C(OH)–C–C–N with tert-alkyl or cyclic N) is 1. The van der Waals surface area contributed by atoms with Crippen LogP contribution in [0, 0.1) is 5.41 Å². The number of carbonyl (C=O) groups excluding carboxylic acids is 1. The highest BCUT2D eigenvalue weighted by Gasteiger charge is 2.59. The lowest BCUT2D eigenvalue weighted by Gasteiger charge is -2.44. The van der Waals surface area contributed by atoms with Gasteiger partial charge in [0.05, 0.1) is 6.54 Å². The Morgan fingerprint density at radius 1 is 1.18 bits per heavy atom. The predicted octanol–water partition coefficient (Wildman–Crippen LogP) is 0.813. The molecule has 1 unspecified atom stereocenters. The molecule has 0 radical (unpaired) electrons. The van der Waals surface area contributed by atoms with E-state index in [4.69, 9.17) is 4.74 Å². The van der Waals surface area contributed by atoms with Crippen molar-refractivity contribution in [2.24, 2.45) is 5.41 Å². The Kier molecular flexibility index (Phi) is 4.41. The molecule has 7 heteroatoms. The number of carboxylic acid groups (broad SMARTS) is 1. The molecule has 22 heavy (non-hydrogen) atoms. The summed E-state index contributed by atoms with van der Waals surface area (Å²) in [6.45, 7) is 6.76. The predicted molar refractivity (Wildman–Crippen MR) is 79.5 cm³/mol. The van der Waals surface area contributed by atoms with Gasteiger partial charge in [0.15, 0.2) is 0 Å². The Bertz CT molecular complexity index is 453. The van der Waals surface area contributed by atoms with Crippen molar-refractivity contribution in [3.05, 3.63) is 0 Å². The fraction of sp³-hybridized carbons (Fsp3) is 0.867. The molecule has 3 N–H and O–H groups in total. The standard InChI is InChI=1S/C15H26N2O5/c1-13(2,3)22-12(20)17-9-6-15(21,10-17)14(11(18)19)4-7-16-8-5-14/h16,21H,4-10H2,1-3H3,(H,18,19). The Morgan fingerprint density at radius 2 is 1.77 bits per heavy atom. The molecule has 2 fully saturated rings. The molecule has 0 spiro atoms. The van der Waals surface area contributed by atoms with Crippen LogP contribution in [0.15, 0.2) is 0 Å². The zero-order valence-electron chi connectivity index (χ0n) is 13.5. The maximum Gasteiger partial charge on any atom is 0.410 e. The van der Waals surface area contributed by atoms with E-state index in [2.05, 4.69) is 5.32 Å². The van der Waals surface area contributed by atoms with Gasteiger partial charge >= 0.3 is 12.1 Å². The molecule has 0 saturated carbocycles. The number of piperidine rings is 1. The largest absolute Gasteiger partial charge is 0.481 e. The second-order valence-electron chi connectivity index (χ2n) is 7.32. The average molecular weight is 314 g/mol. The molecular weight excluding hydrogens is 288 g/mol. The molecular formula is C15H26N2O5. The van der Waals surface area contributed by atoms with E-state index in [0.29, 0.717) is 32.5 Å². The minimum absolute atomic E-state index is 0.00815. The Labute approximate surface area is 130 Å². The minimum atomic E-state index is -1.40. The van der Waals surface area contributed by atoms with Gasteiger partial charge < -0.3 is 25.2 Å². The van der Waals surface area contributed by atoms with Crippen LogP contribution in [-0.4, -0.2) is 64.6 Å². The summed E-state index contributed by atoms with van der Waals surface area (Å²) in [7, 11) is 0. The van der Waals surface area contributed by atoms with Crippen molar-refractivity contribution in [2.45, 2.75) is 51.2 Å². The summed E-state index contributed by atoms with van der Waals surface area (Å²) >= 11 is 0. The highest BCUT2D eigenvalue weighted by molar-refractivity contribution is 5.77. The first-order chi connectivity index (χ1) is 10.1. The van der Waals surface area contributed by atoms with Gasteiger partial charge in [-0.05, 0) is 53.1 Å². The molecule has 2 saturated heterocycles. The molecule has 0 aromatic carbocycles. The monoisotopic (exact) mass is 314 g/mol. The van der Waals surface area contributed by atoms with Crippen LogP contribution in [0.4, 0.5) is 4.79 Å². The van der Waals surface area contributed by atoms with Crippen LogP contribution in [-0.2, 0) is 9.53 Å². The molecule has 0 bridgehead atoms. The summed E-state index contributed by atoms with van der Waals surface area (Å²) < 4.78 is 5.31. The second kappa shape index (κ2) is 5.70. The van der Waals surface area contributed by atoms with Crippen LogP contribution in [0.1, 0.15) is 40.0 Å². The van der Waals surface area contributed by atoms with Crippen molar-refractivity contribution in [2.75, 3.05) is 26.2 Å². The number of carbonyl (C=O) groups is 2. The number of likely N-dealkylation sites (tertiary alicyclic amines) is 1. The quantitative estimate of drug-likeness (QED) is 0.698.